The van der Waals surface area contributed by atoms with E-state index < -0.39 is 167 Å². The Morgan fingerprint density at radius 1 is 0.444 bits per heavy atom. The van der Waals surface area contributed by atoms with Crippen molar-refractivity contribution in [3.05, 3.63) is 0 Å². The van der Waals surface area contributed by atoms with Crippen molar-refractivity contribution in [3.8, 4) is 0 Å². The lowest BCUT2D eigenvalue weighted by Crippen LogP contribution is -2.70. The molecule has 0 saturated carbocycles. The molecule has 0 bridgehead atoms. The van der Waals surface area contributed by atoms with Gasteiger partial charge in [0.25, 0.3) is 0 Å². The smallest absolute Gasteiger partial charge is 0.217 e. The van der Waals surface area contributed by atoms with E-state index in [2.05, 4.69) is 16.0 Å². The molecule has 54 heavy (non-hydrogen) atoms. The highest BCUT2D eigenvalue weighted by Crippen LogP contribution is 2.34. The molecule has 3 amide bonds. The molecule has 24 nitrogen and oxygen atoms in total. The van der Waals surface area contributed by atoms with Crippen LogP contribution in [0.5, 0.6) is 0 Å². The van der Waals surface area contributed by atoms with E-state index in [1.807, 2.05) is 0 Å². The first kappa shape index (κ1) is 44.4. The molecule has 0 aromatic rings. The molecule has 4 heterocycles. The Hall–Kier alpha value is -2.31. The second-order valence-corrected chi connectivity index (χ2v) is 13.3. The van der Waals surface area contributed by atoms with Crippen molar-refractivity contribution in [2.24, 2.45) is 0 Å². The SMILES string of the molecule is CC(=O)N[C@@H]1[C@@H](O[C@@H]2O[C@H](CO)[C@@H](O[C@@H]3O[C@H](CO)[C@H](O[C@@H]4O[C@H](CO)[C@H](O)[C@H](O)[C@H]4NC(C)=O)[C@H](O)[C@H]3NC(C)=O)[C@H](O)[C@H]2O)[C@@H](O)[C@@H](CO)O[C@H]1O. The van der Waals surface area contributed by atoms with Crippen molar-refractivity contribution in [1.29, 1.82) is 0 Å². The third-order valence-electron chi connectivity index (χ3n) is 9.41. The van der Waals surface area contributed by atoms with Crippen LogP contribution in [0, 0.1) is 0 Å². The van der Waals surface area contributed by atoms with Crippen molar-refractivity contribution in [2.45, 2.75) is 143 Å². The zero-order chi connectivity index (χ0) is 40.2. The monoisotopic (exact) mass is 789 g/mol. The summed E-state index contributed by atoms with van der Waals surface area (Å²) in [5.74, 6) is -2.11. The second-order valence-electron chi connectivity index (χ2n) is 13.3. The molecule has 4 rings (SSSR count). The van der Waals surface area contributed by atoms with E-state index >= 15 is 0 Å². The van der Waals surface area contributed by atoms with Gasteiger partial charge in [0.05, 0.1) is 26.4 Å². The quantitative estimate of drug-likeness (QED) is 0.0823. The molecule has 0 spiro atoms. The third-order valence-corrected chi connectivity index (χ3v) is 9.41. The van der Waals surface area contributed by atoms with E-state index in [4.69, 9.17) is 33.2 Å². The first-order valence-corrected chi connectivity index (χ1v) is 17.1. The molecule has 312 valence electrons. The summed E-state index contributed by atoms with van der Waals surface area (Å²) in [5.41, 5.74) is 0. The number of hydrogen-bond acceptors (Lipinski definition) is 21. The van der Waals surface area contributed by atoms with Crippen molar-refractivity contribution < 1.29 is 104 Å². The molecule has 24 heteroatoms. The Morgan fingerprint density at radius 2 is 0.833 bits per heavy atom. The van der Waals surface area contributed by atoms with E-state index in [0.717, 1.165) is 20.8 Å². The Kier molecular flexibility index (Phi) is 15.8. The van der Waals surface area contributed by atoms with E-state index in [1.165, 1.54) is 0 Å². The molecule has 4 fully saturated rings. The fraction of sp³-hybridized carbons (Fsp3) is 0.900. The van der Waals surface area contributed by atoms with Gasteiger partial charge in [0, 0.05) is 20.8 Å². The molecule has 0 aromatic carbocycles. The van der Waals surface area contributed by atoms with Crippen LogP contribution in [0.15, 0.2) is 0 Å². The maximum absolute atomic E-state index is 12.3. The minimum Gasteiger partial charge on any atom is -0.394 e. The average Bonchev–Trinajstić information content (AvgIpc) is 3.11. The predicted octanol–water partition coefficient (Wildman–Crippen LogP) is -9.32. The number of aliphatic hydroxyl groups is 11. The molecular weight excluding hydrogens is 738 g/mol. The molecule has 14 N–H and O–H groups in total. The van der Waals surface area contributed by atoms with Crippen LogP contribution in [0.3, 0.4) is 0 Å². The largest absolute Gasteiger partial charge is 0.394 e. The number of ether oxygens (including phenoxy) is 7. The molecule has 0 radical (unpaired) electrons. The summed E-state index contributed by atoms with van der Waals surface area (Å²) >= 11 is 0. The zero-order valence-corrected chi connectivity index (χ0v) is 29.4. The molecule has 20 atom stereocenters. The highest BCUT2D eigenvalue weighted by atomic mass is 16.8. The summed E-state index contributed by atoms with van der Waals surface area (Å²) in [4.78, 5) is 36.0. The van der Waals surface area contributed by atoms with Gasteiger partial charge in [-0.3, -0.25) is 14.4 Å². The number of hydrogen-bond donors (Lipinski definition) is 14. The predicted molar refractivity (Wildman–Crippen MR) is 169 cm³/mol. The van der Waals surface area contributed by atoms with Gasteiger partial charge in [-0.25, -0.2) is 0 Å². The Morgan fingerprint density at radius 3 is 1.31 bits per heavy atom. The molecule has 0 aliphatic carbocycles. The van der Waals surface area contributed by atoms with Gasteiger partial charge in [0.15, 0.2) is 25.2 Å². The summed E-state index contributed by atoms with van der Waals surface area (Å²) in [6.45, 7) is -0.170. The molecule has 4 aliphatic heterocycles. The van der Waals surface area contributed by atoms with Crippen molar-refractivity contribution in [2.75, 3.05) is 26.4 Å². The molecular formula is C30H51N3O21. The van der Waals surface area contributed by atoms with E-state index in [0.29, 0.717) is 0 Å². The van der Waals surface area contributed by atoms with Crippen molar-refractivity contribution >= 4 is 17.7 Å². The van der Waals surface area contributed by atoms with E-state index in [1.54, 1.807) is 0 Å². The number of nitrogens with one attached hydrogen (secondary N) is 3. The highest BCUT2D eigenvalue weighted by molar-refractivity contribution is 5.74. The zero-order valence-electron chi connectivity index (χ0n) is 29.4. The number of amides is 3. The second kappa shape index (κ2) is 19.2. The average molecular weight is 790 g/mol. The summed E-state index contributed by atoms with van der Waals surface area (Å²) < 4.78 is 39.7. The van der Waals surface area contributed by atoms with Crippen molar-refractivity contribution in [3.63, 3.8) is 0 Å². The van der Waals surface area contributed by atoms with Gasteiger partial charge in [-0.15, -0.1) is 0 Å². The minimum absolute atomic E-state index is 0.681. The molecule has 0 aromatic heterocycles. The van der Waals surface area contributed by atoms with Crippen molar-refractivity contribution in [1.82, 2.24) is 16.0 Å². The van der Waals surface area contributed by atoms with Crippen LogP contribution in [-0.4, -0.2) is 223 Å². The van der Waals surface area contributed by atoms with Gasteiger partial charge < -0.3 is 105 Å². The fourth-order valence-corrected chi connectivity index (χ4v) is 6.76. The Labute approximate surface area is 307 Å². The van der Waals surface area contributed by atoms with Crippen LogP contribution >= 0.6 is 0 Å². The maximum atomic E-state index is 12.3. The first-order valence-electron chi connectivity index (χ1n) is 17.1. The third kappa shape index (κ3) is 9.79. The lowest BCUT2D eigenvalue weighted by molar-refractivity contribution is -0.371. The number of aliphatic hydroxyl groups excluding tert-OH is 11. The maximum Gasteiger partial charge on any atom is 0.217 e. The highest BCUT2D eigenvalue weighted by Gasteiger charge is 2.56. The van der Waals surface area contributed by atoms with Crippen LogP contribution in [0.25, 0.3) is 0 Å². The lowest BCUT2D eigenvalue weighted by atomic mass is 9.93. The van der Waals surface area contributed by atoms with Gasteiger partial charge in [-0.2, -0.15) is 0 Å². The van der Waals surface area contributed by atoms with Gasteiger partial charge >= 0.3 is 0 Å². The van der Waals surface area contributed by atoms with E-state index in [-0.39, 0.29) is 0 Å². The Balaban J connectivity index is 1.55. The topological polar surface area (TPSA) is 374 Å². The van der Waals surface area contributed by atoms with Gasteiger partial charge in [0.2, 0.25) is 17.7 Å². The summed E-state index contributed by atoms with van der Waals surface area (Å²) in [6, 6.07) is -4.54. The summed E-state index contributed by atoms with van der Waals surface area (Å²) in [7, 11) is 0. The summed E-state index contributed by atoms with van der Waals surface area (Å²) in [5, 5.41) is 123. The van der Waals surface area contributed by atoms with Crippen LogP contribution in [0.4, 0.5) is 0 Å². The Bertz CT molecular complexity index is 1250. The number of carbonyl (C=O) groups excluding carboxylic acids is 3. The van der Waals surface area contributed by atoms with Gasteiger partial charge in [-0.1, -0.05) is 0 Å². The molecule has 4 aliphatic rings. The van der Waals surface area contributed by atoms with Crippen LogP contribution in [-0.2, 0) is 47.5 Å². The fourth-order valence-electron chi connectivity index (χ4n) is 6.76. The molecule has 0 unspecified atom stereocenters. The van der Waals surface area contributed by atoms with Crippen LogP contribution < -0.4 is 16.0 Å². The van der Waals surface area contributed by atoms with Crippen LogP contribution in [0.2, 0.25) is 0 Å². The number of rotatable bonds is 13. The minimum atomic E-state index is -2.05. The number of carbonyl (C=O) groups is 3. The summed E-state index contributed by atoms with van der Waals surface area (Å²) in [6.07, 6.45) is -29.2. The lowest BCUT2D eigenvalue weighted by Gasteiger charge is -2.50. The van der Waals surface area contributed by atoms with Crippen LogP contribution in [0.1, 0.15) is 20.8 Å². The molecule has 4 saturated heterocycles. The normalized spacial score (nSPS) is 45.7. The van der Waals surface area contributed by atoms with Gasteiger partial charge in [0.1, 0.15) is 97.5 Å². The first-order chi connectivity index (χ1) is 25.5. The van der Waals surface area contributed by atoms with E-state index in [9.17, 15) is 70.6 Å². The van der Waals surface area contributed by atoms with Gasteiger partial charge in [-0.05, 0) is 0 Å². The standard InChI is InChI=1S/C30H51N3O21/c1-8(38)31-15-20(43)18(41)11(4-34)49-28(15)52-24-13(6-36)50-29(16(21(24)44)32-9(2)39)53-25-14(7-37)51-30(23(46)22(25)45)54-26-17(33-10(3)40)27(47)48-12(5-35)19(26)42/h11-30,34-37,41-47H,4-7H2,1-3H3,(H,31,38)(H,32,39)(H,33,40)/t11-,12-,13-,14-,15-,16-,17-,18+,19+,20-,21-,22-,23-,24+,25-,26-,27-,28+,29+,30+/m1/s1.